The van der Waals surface area contributed by atoms with E-state index in [0.717, 1.165) is 6.08 Å². The van der Waals surface area contributed by atoms with Crippen LogP contribution in [0.2, 0.25) is 0 Å². The summed E-state index contributed by atoms with van der Waals surface area (Å²) in [6.07, 6.45) is 0.857. The summed E-state index contributed by atoms with van der Waals surface area (Å²) in [6.45, 7) is 1.43. The van der Waals surface area contributed by atoms with Gasteiger partial charge < -0.3 is 15.2 Å². The third kappa shape index (κ3) is 3.98. The minimum Gasteiger partial charge on any atom is -0.497 e. The highest BCUT2D eigenvalue weighted by atomic mass is 16.5. The van der Waals surface area contributed by atoms with Crippen LogP contribution in [0.3, 0.4) is 0 Å². The number of rotatable bonds is 4. The Labute approximate surface area is 98.7 Å². The average Bonchev–Trinajstić information content (AvgIpc) is 2.28. The molecule has 0 fully saturated rings. The van der Waals surface area contributed by atoms with Gasteiger partial charge in [0.05, 0.1) is 7.11 Å². The molecule has 1 aromatic rings. The molecule has 0 saturated carbocycles. The van der Waals surface area contributed by atoms with Gasteiger partial charge in [-0.25, -0.2) is 4.79 Å². The second-order valence-electron chi connectivity index (χ2n) is 3.35. The Morgan fingerprint density at radius 2 is 2.12 bits per heavy atom. The van der Waals surface area contributed by atoms with Gasteiger partial charge in [0.2, 0.25) is 0 Å². The van der Waals surface area contributed by atoms with E-state index >= 15 is 0 Å². The SMILES string of the molecule is COc1cccc(NC(=O)/C(C)=C/C(=O)O)c1. The molecule has 0 heterocycles. The van der Waals surface area contributed by atoms with Crippen molar-refractivity contribution in [1.82, 2.24) is 0 Å². The van der Waals surface area contributed by atoms with E-state index in [1.165, 1.54) is 14.0 Å². The van der Waals surface area contributed by atoms with E-state index in [-0.39, 0.29) is 5.57 Å². The third-order valence-corrected chi connectivity index (χ3v) is 2.03. The van der Waals surface area contributed by atoms with E-state index in [9.17, 15) is 9.59 Å². The molecule has 2 N–H and O–H groups in total. The molecular weight excluding hydrogens is 222 g/mol. The number of anilines is 1. The van der Waals surface area contributed by atoms with Crippen molar-refractivity contribution in [1.29, 1.82) is 0 Å². The second-order valence-corrected chi connectivity index (χ2v) is 3.35. The lowest BCUT2D eigenvalue weighted by Gasteiger charge is -2.06. The molecule has 0 atom stereocenters. The molecule has 0 aromatic heterocycles. The highest BCUT2D eigenvalue weighted by molar-refractivity contribution is 6.06. The number of ether oxygens (including phenoxy) is 1. The minimum absolute atomic E-state index is 0.125. The first-order chi connectivity index (χ1) is 8.02. The van der Waals surface area contributed by atoms with Crippen LogP contribution in [0.5, 0.6) is 5.75 Å². The van der Waals surface area contributed by atoms with E-state index < -0.39 is 11.9 Å². The maximum absolute atomic E-state index is 11.6. The molecule has 0 bridgehead atoms. The Bertz CT molecular complexity index is 465. The normalized spacial score (nSPS) is 10.8. The van der Waals surface area contributed by atoms with Gasteiger partial charge in [0.15, 0.2) is 0 Å². The van der Waals surface area contributed by atoms with E-state index in [1.54, 1.807) is 24.3 Å². The highest BCUT2D eigenvalue weighted by Gasteiger charge is 2.06. The van der Waals surface area contributed by atoms with Gasteiger partial charge in [-0.15, -0.1) is 0 Å². The van der Waals surface area contributed by atoms with Crippen LogP contribution in [0.4, 0.5) is 5.69 Å². The number of aliphatic carboxylic acids is 1. The summed E-state index contributed by atoms with van der Waals surface area (Å²) in [5.41, 5.74) is 0.674. The zero-order chi connectivity index (χ0) is 12.8. The first kappa shape index (κ1) is 12.8. The maximum atomic E-state index is 11.6. The molecule has 1 rings (SSSR count). The van der Waals surface area contributed by atoms with E-state index in [2.05, 4.69) is 5.32 Å². The lowest BCUT2D eigenvalue weighted by atomic mass is 10.2. The predicted octanol–water partition coefficient (Wildman–Crippen LogP) is 1.66. The highest BCUT2D eigenvalue weighted by Crippen LogP contribution is 2.17. The fraction of sp³-hybridized carbons (Fsp3) is 0.167. The summed E-state index contributed by atoms with van der Waals surface area (Å²) < 4.78 is 5.00. The van der Waals surface area contributed by atoms with Crippen LogP contribution < -0.4 is 10.1 Å². The van der Waals surface area contributed by atoms with Crippen molar-refractivity contribution in [3.63, 3.8) is 0 Å². The molecule has 17 heavy (non-hydrogen) atoms. The lowest BCUT2D eigenvalue weighted by molar-refractivity contribution is -0.131. The molecule has 5 nitrogen and oxygen atoms in total. The van der Waals surface area contributed by atoms with Gasteiger partial charge in [-0.1, -0.05) is 6.07 Å². The molecule has 0 spiro atoms. The molecule has 0 aliphatic rings. The maximum Gasteiger partial charge on any atom is 0.328 e. The monoisotopic (exact) mass is 235 g/mol. The number of carbonyl (C=O) groups excluding carboxylic acids is 1. The third-order valence-electron chi connectivity index (χ3n) is 2.03. The van der Waals surface area contributed by atoms with Crippen molar-refractivity contribution < 1.29 is 19.4 Å². The van der Waals surface area contributed by atoms with Crippen LogP contribution in [0.15, 0.2) is 35.9 Å². The van der Waals surface area contributed by atoms with Crippen LogP contribution in [0.25, 0.3) is 0 Å². The van der Waals surface area contributed by atoms with Crippen LogP contribution in [-0.4, -0.2) is 24.1 Å². The van der Waals surface area contributed by atoms with Crippen LogP contribution in [0, 0.1) is 0 Å². The molecule has 0 aliphatic heterocycles. The molecule has 1 aromatic carbocycles. The minimum atomic E-state index is -1.15. The average molecular weight is 235 g/mol. The molecule has 0 aliphatic carbocycles. The number of hydrogen-bond acceptors (Lipinski definition) is 3. The summed E-state index contributed by atoms with van der Waals surface area (Å²) in [6, 6.07) is 6.81. The van der Waals surface area contributed by atoms with E-state index in [4.69, 9.17) is 9.84 Å². The van der Waals surface area contributed by atoms with Crippen molar-refractivity contribution in [2.45, 2.75) is 6.92 Å². The Hall–Kier alpha value is -2.30. The van der Waals surface area contributed by atoms with Crippen LogP contribution in [0.1, 0.15) is 6.92 Å². The number of benzene rings is 1. The molecule has 90 valence electrons. The fourth-order valence-electron chi connectivity index (χ4n) is 1.18. The van der Waals surface area contributed by atoms with Crippen molar-refractivity contribution >= 4 is 17.6 Å². The zero-order valence-corrected chi connectivity index (χ0v) is 9.56. The Morgan fingerprint density at radius 3 is 2.71 bits per heavy atom. The molecule has 0 radical (unpaired) electrons. The summed E-state index contributed by atoms with van der Waals surface area (Å²) >= 11 is 0. The Balaban J connectivity index is 2.77. The Kier molecular flexibility index (Phi) is 4.28. The quantitative estimate of drug-likeness (QED) is 0.778. The second kappa shape index (κ2) is 5.69. The zero-order valence-electron chi connectivity index (χ0n) is 9.56. The van der Waals surface area contributed by atoms with Crippen LogP contribution in [-0.2, 0) is 9.59 Å². The fourth-order valence-corrected chi connectivity index (χ4v) is 1.18. The van der Waals surface area contributed by atoms with E-state index in [0.29, 0.717) is 11.4 Å². The molecule has 1 amide bonds. The summed E-state index contributed by atoms with van der Waals surface area (Å²) in [5.74, 6) is -0.994. The van der Waals surface area contributed by atoms with Gasteiger partial charge in [0, 0.05) is 23.4 Å². The van der Waals surface area contributed by atoms with Crippen LogP contribution >= 0.6 is 0 Å². The van der Waals surface area contributed by atoms with Gasteiger partial charge in [-0.05, 0) is 19.1 Å². The molecular formula is C12H13NO4. The largest absolute Gasteiger partial charge is 0.497 e. The van der Waals surface area contributed by atoms with Gasteiger partial charge in [0.1, 0.15) is 5.75 Å². The van der Waals surface area contributed by atoms with Gasteiger partial charge in [-0.3, -0.25) is 4.79 Å². The molecule has 5 heteroatoms. The van der Waals surface area contributed by atoms with Gasteiger partial charge in [0.25, 0.3) is 5.91 Å². The summed E-state index contributed by atoms with van der Waals surface area (Å²) in [7, 11) is 1.52. The number of hydrogen-bond donors (Lipinski definition) is 2. The van der Waals surface area contributed by atoms with Gasteiger partial charge in [-0.2, -0.15) is 0 Å². The molecule has 0 unspecified atom stereocenters. The van der Waals surface area contributed by atoms with Crippen molar-refractivity contribution in [3.05, 3.63) is 35.9 Å². The topological polar surface area (TPSA) is 75.6 Å². The number of amides is 1. The number of carbonyl (C=O) groups is 2. The Morgan fingerprint density at radius 1 is 1.41 bits per heavy atom. The van der Waals surface area contributed by atoms with Gasteiger partial charge >= 0.3 is 5.97 Å². The smallest absolute Gasteiger partial charge is 0.328 e. The van der Waals surface area contributed by atoms with Crippen molar-refractivity contribution in [2.24, 2.45) is 0 Å². The lowest BCUT2D eigenvalue weighted by Crippen LogP contribution is -2.13. The number of methoxy groups -OCH3 is 1. The van der Waals surface area contributed by atoms with Crippen molar-refractivity contribution in [3.8, 4) is 5.75 Å². The number of nitrogens with one attached hydrogen (secondary N) is 1. The standard InChI is InChI=1S/C12H13NO4/c1-8(6-11(14)15)12(16)13-9-4-3-5-10(7-9)17-2/h3-7H,1-2H3,(H,13,16)(H,14,15)/b8-6+. The summed E-state index contributed by atoms with van der Waals surface area (Å²) in [4.78, 5) is 22.0. The summed E-state index contributed by atoms with van der Waals surface area (Å²) in [5, 5.41) is 11.1. The molecule has 0 saturated heterocycles. The van der Waals surface area contributed by atoms with E-state index in [1.807, 2.05) is 0 Å². The number of carboxylic acids is 1. The first-order valence-electron chi connectivity index (χ1n) is 4.89. The first-order valence-corrected chi connectivity index (χ1v) is 4.89. The van der Waals surface area contributed by atoms with Crippen molar-refractivity contribution in [2.75, 3.05) is 12.4 Å². The number of carboxylic acid groups (broad SMARTS) is 1. The predicted molar refractivity (Wildman–Crippen MR) is 63.0 cm³/mol.